The van der Waals surface area contributed by atoms with Crippen molar-refractivity contribution in [1.29, 1.82) is 0 Å². The zero-order valence-electron chi connectivity index (χ0n) is 9.58. The molecule has 0 saturated heterocycles. The van der Waals surface area contributed by atoms with Crippen LogP contribution >= 0.6 is 23.1 Å². The zero-order valence-corrected chi connectivity index (χ0v) is 11.2. The smallest absolute Gasteiger partial charge is 0.178 e. The molecular formula is C11H13N3OS2. The first-order valence-electron chi connectivity index (χ1n) is 5.09. The number of nitrogens with two attached hydrogens (primary N) is 1. The molecule has 1 aromatic carbocycles. The van der Waals surface area contributed by atoms with E-state index in [2.05, 4.69) is 10.2 Å². The summed E-state index contributed by atoms with van der Waals surface area (Å²) in [5, 5.41) is 7.84. The van der Waals surface area contributed by atoms with Gasteiger partial charge in [-0.15, -0.1) is 10.2 Å². The predicted molar refractivity (Wildman–Crippen MR) is 69.6 cm³/mol. The lowest BCUT2D eigenvalue weighted by Gasteiger charge is -2.15. The molecular weight excluding hydrogens is 254 g/mol. The Morgan fingerprint density at radius 1 is 1.47 bits per heavy atom. The molecule has 17 heavy (non-hydrogen) atoms. The van der Waals surface area contributed by atoms with Gasteiger partial charge in [-0.1, -0.05) is 29.2 Å². The van der Waals surface area contributed by atoms with Gasteiger partial charge in [0, 0.05) is 16.5 Å². The Balaban J connectivity index is 2.39. The van der Waals surface area contributed by atoms with E-state index in [0.29, 0.717) is 0 Å². The first-order chi connectivity index (χ1) is 8.22. The van der Waals surface area contributed by atoms with Crippen LogP contribution in [0.2, 0.25) is 0 Å². The van der Waals surface area contributed by atoms with E-state index in [4.69, 9.17) is 10.5 Å². The number of nitrogens with zero attached hydrogens (tertiary/aromatic N) is 2. The molecule has 0 saturated carbocycles. The van der Waals surface area contributed by atoms with Gasteiger partial charge in [-0.3, -0.25) is 0 Å². The van der Waals surface area contributed by atoms with Crippen molar-refractivity contribution >= 4 is 23.1 Å². The maximum atomic E-state index is 5.99. The number of ether oxygens (including phenoxy) is 1. The number of aromatic nitrogens is 2. The third kappa shape index (κ3) is 2.77. The van der Waals surface area contributed by atoms with Crippen LogP contribution in [0.3, 0.4) is 0 Å². The standard InChI is InChI=1S/C11H13N3OS2/c1-7(12)10-8(15-2)4-3-5-9(10)17-11-14-13-6-16-11/h3-7H,12H2,1-2H3. The van der Waals surface area contributed by atoms with E-state index >= 15 is 0 Å². The summed E-state index contributed by atoms with van der Waals surface area (Å²) in [7, 11) is 1.65. The van der Waals surface area contributed by atoms with E-state index in [1.807, 2.05) is 25.1 Å². The first-order valence-corrected chi connectivity index (χ1v) is 6.78. The molecule has 0 spiro atoms. The third-order valence-electron chi connectivity index (χ3n) is 2.24. The maximum absolute atomic E-state index is 5.99. The van der Waals surface area contributed by atoms with Gasteiger partial charge >= 0.3 is 0 Å². The molecule has 1 unspecified atom stereocenters. The summed E-state index contributed by atoms with van der Waals surface area (Å²) >= 11 is 3.07. The van der Waals surface area contributed by atoms with Gasteiger partial charge in [-0.2, -0.15) is 0 Å². The molecule has 0 aliphatic heterocycles. The monoisotopic (exact) mass is 267 g/mol. The lowest BCUT2D eigenvalue weighted by atomic mass is 10.1. The second-order valence-electron chi connectivity index (χ2n) is 3.47. The highest BCUT2D eigenvalue weighted by molar-refractivity contribution is 8.01. The molecule has 1 aromatic heterocycles. The normalized spacial score (nSPS) is 12.4. The summed E-state index contributed by atoms with van der Waals surface area (Å²) in [5.41, 5.74) is 8.72. The fourth-order valence-corrected chi connectivity index (χ4v) is 3.23. The average molecular weight is 267 g/mol. The molecule has 2 aromatic rings. The molecule has 90 valence electrons. The van der Waals surface area contributed by atoms with Crippen molar-refractivity contribution < 1.29 is 4.74 Å². The van der Waals surface area contributed by atoms with Gasteiger partial charge in [0.05, 0.1) is 7.11 Å². The Morgan fingerprint density at radius 3 is 2.88 bits per heavy atom. The van der Waals surface area contributed by atoms with Crippen LogP contribution in [0.4, 0.5) is 0 Å². The van der Waals surface area contributed by atoms with Crippen LogP contribution in [0.1, 0.15) is 18.5 Å². The highest BCUT2D eigenvalue weighted by atomic mass is 32.2. The third-order valence-corrected chi connectivity index (χ3v) is 4.09. The van der Waals surface area contributed by atoms with E-state index in [1.54, 1.807) is 24.4 Å². The molecule has 4 nitrogen and oxygen atoms in total. The van der Waals surface area contributed by atoms with Crippen molar-refractivity contribution in [3.63, 3.8) is 0 Å². The number of benzene rings is 1. The van der Waals surface area contributed by atoms with Gasteiger partial charge in [0.2, 0.25) is 0 Å². The summed E-state index contributed by atoms with van der Waals surface area (Å²) in [6, 6.07) is 5.81. The topological polar surface area (TPSA) is 61.0 Å². The number of hydrogen-bond donors (Lipinski definition) is 1. The summed E-state index contributed by atoms with van der Waals surface area (Å²) in [6.07, 6.45) is 0. The first kappa shape index (κ1) is 12.3. The minimum Gasteiger partial charge on any atom is -0.496 e. The Kier molecular flexibility index (Phi) is 3.98. The highest BCUT2D eigenvalue weighted by Crippen LogP contribution is 2.37. The molecule has 0 amide bonds. The zero-order chi connectivity index (χ0) is 12.3. The fraction of sp³-hybridized carbons (Fsp3) is 0.273. The van der Waals surface area contributed by atoms with E-state index < -0.39 is 0 Å². The molecule has 6 heteroatoms. The van der Waals surface area contributed by atoms with Crippen molar-refractivity contribution in [2.24, 2.45) is 5.73 Å². The molecule has 0 fully saturated rings. The molecule has 0 aliphatic carbocycles. The average Bonchev–Trinajstić information content (AvgIpc) is 2.81. The largest absolute Gasteiger partial charge is 0.496 e. The van der Waals surface area contributed by atoms with Crippen molar-refractivity contribution in [1.82, 2.24) is 10.2 Å². The van der Waals surface area contributed by atoms with Crippen LogP contribution in [0.25, 0.3) is 0 Å². The molecule has 0 radical (unpaired) electrons. The van der Waals surface area contributed by atoms with E-state index in [-0.39, 0.29) is 6.04 Å². The molecule has 1 heterocycles. The fourth-order valence-electron chi connectivity index (χ4n) is 1.54. The van der Waals surface area contributed by atoms with Crippen LogP contribution in [-0.4, -0.2) is 17.3 Å². The summed E-state index contributed by atoms with van der Waals surface area (Å²) < 4.78 is 6.24. The lowest BCUT2D eigenvalue weighted by Crippen LogP contribution is -2.08. The van der Waals surface area contributed by atoms with E-state index in [1.165, 1.54) is 11.3 Å². The number of hydrogen-bond acceptors (Lipinski definition) is 6. The van der Waals surface area contributed by atoms with Crippen LogP contribution < -0.4 is 10.5 Å². The highest BCUT2D eigenvalue weighted by Gasteiger charge is 2.14. The van der Waals surface area contributed by atoms with E-state index in [0.717, 1.165) is 20.5 Å². The second kappa shape index (κ2) is 5.48. The Labute approximate surface area is 108 Å². The number of rotatable bonds is 4. The van der Waals surface area contributed by atoms with Gasteiger partial charge in [-0.25, -0.2) is 0 Å². The Hall–Kier alpha value is -1.11. The molecule has 2 N–H and O–H groups in total. The van der Waals surface area contributed by atoms with Gasteiger partial charge in [0.15, 0.2) is 4.34 Å². The summed E-state index contributed by atoms with van der Waals surface area (Å²) in [4.78, 5) is 1.07. The van der Waals surface area contributed by atoms with Crippen LogP contribution in [0, 0.1) is 0 Å². The predicted octanol–water partition coefficient (Wildman–Crippen LogP) is 2.72. The molecule has 2 rings (SSSR count). The molecule has 0 aliphatic rings. The van der Waals surface area contributed by atoms with Gasteiger partial charge in [0.1, 0.15) is 11.3 Å². The SMILES string of the molecule is COc1cccc(Sc2nncs2)c1C(C)N. The van der Waals surface area contributed by atoms with Gasteiger partial charge < -0.3 is 10.5 Å². The van der Waals surface area contributed by atoms with Crippen molar-refractivity contribution in [3.05, 3.63) is 29.3 Å². The summed E-state index contributed by atoms with van der Waals surface area (Å²) in [6.45, 7) is 1.95. The lowest BCUT2D eigenvalue weighted by molar-refractivity contribution is 0.405. The number of methoxy groups -OCH3 is 1. The van der Waals surface area contributed by atoms with Crippen molar-refractivity contribution in [2.75, 3.05) is 7.11 Å². The Bertz CT molecular complexity index is 485. The van der Waals surface area contributed by atoms with Gasteiger partial charge in [0.25, 0.3) is 0 Å². The maximum Gasteiger partial charge on any atom is 0.178 e. The van der Waals surface area contributed by atoms with Crippen LogP contribution in [-0.2, 0) is 0 Å². The minimum absolute atomic E-state index is 0.0819. The quantitative estimate of drug-likeness (QED) is 0.923. The molecule has 1 atom stereocenters. The second-order valence-corrected chi connectivity index (χ2v) is 5.59. The van der Waals surface area contributed by atoms with Gasteiger partial charge in [-0.05, 0) is 19.1 Å². The van der Waals surface area contributed by atoms with Crippen LogP contribution in [0.5, 0.6) is 5.75 Å². The van der Waals surface area contributed by atoms with Crippen molar-refractivity contribution in [3.8, 4) is 5.75 Å². The summed E-state index contributed by atoms with van der Waals surface area (Å²) in [5.74, 6) is 0.814. The Morgan fingerprint density at radius 2 is 2.29 bits per heavy atom. The van der Waals surface area contributed by atoms with E-state index in [9.17, 15) is 0 Å². The molecule has 0 bridgehead atoms. The van der Waals surface area contributed by atoms with Crippen LogP contribution in [0.15, 0.2) is 32.9 Å². The van der Waals surface area contributed by atoms with Crippen molar-refractivity contribution in [2.45, 2.75) is 22.2 Å². The minimum atomic E-state index is -0.0819.